The number of nitrogens with one attached hydrogen (secondary N) is 2. The molecule has 1 saturated heterocycles. The first-order chi connectivity index (χ1) is 10.2. The lowest BCUT2D eigenvalue weighted by Gasteiger charge is -2.19. The molecule has 6 heteroatoms. The second-order valence-corrected chi connectivity index (χ2v) is 9.16. The van der Waals surface area contributed by atoms with Crippen molar-refractivity contribution in [3.8, 4) is 0 Å². The fourth-order valence-electron chi connectivity index (χ4n) is 2.50. The fraction of sp³-hybridized carbons (Fsp3) is 0.562. The normalized spacial score (nSPS) is 20.6. The van der Waals surface area contributed by atoms with Crippen molar-refractivity contribution in [1.82, 2.24) is 5.32 Å². The van der Waals surface area contributed by atoms with Crippen LogP contribution in [0.1, 0.15) is 32.8 Å². The Labute approximate surface area is 132 Å². The smallest absolute Gasteiger partial charge is 0.319 e. The van der Waals surface area contributed by atoms with E-state index in [4.69, 9.17) is 0 Å². The molecule has 2 rings (SSSR count). The number of hydrogen-bond donors (Lipinski definition) is 2. The van der Waals surface area contributed by atoms with Crippen LogP contribution in [0.3, 0.4) is 0 Å². The molecule has 0 saturated carbocycles. The second kappa shape index (κ2) is 6.28. The average Bonchev–Trinajstić information content (AvgIpc) is 2.76. The van der Waals surface area contributed by atoms with E-state index in [1.807, 2.05) is 24.3 Å². The molecule has 0 radical (unpaired) electrons. The van der Waals surface area contributed by atoms with Gasteiger partial charge in [-0.15, -0.1) is 0 Å². The van der Waals surface area contributed by atoms with E-state index in [-0.39, 0.29) is 28.9 Å². The number of rotatable bonds is 3. The molecule has 1 aromatic rings. The van der Waals surface area contributed by atoms with Crippen molar-refractivity contribution in [2.24, 2.45) is 5.92 Å². The Kier molecular flexibility index (Phi) is 4.80. The lowest BCUT2D eigenvalue weighted by atomic mass is 9.87. The Balaban J connectivity index is 1.82. The van der Waals surface area contributed by atoms with E-state index in [0.717, 1.165) is 5.69 Å². The first kappa shape index (κ1) is 16.8. The molecule has 1 aliphatic rings. The van der Waals surface area contributed by atoms with Crippen LogP contribution in [-0.2, 0) is 15.3 Å². The predicted molar refractivity (Wildman–Crippen MR) is 88.9 cm³/mol. The van der Waals surface area contributed by atoms with Crippen molar-refractivity contribution in [2.45, 2.75) is 32.6 Å². The van der Waals surface area contributed by atoms with Gasteiger partial charge in [-0.25, -0.2) is 13.2 Å². The Bertz CT molecular complexity index is 630. The maximum absolute atomic E-state index is 11.8. The van der Waals surface area contributed by atoms with E-state index in [1.54, 1.807) is 0 Å². The summed E-state index contributed by atoms with van der Waals surface area (Å²) in [5.74, 6) is 0.432. The summed E-state index contributed by atoms with van der Waals surface area (Å²) in [4.78, 5) is 11.8. The minimum atomic E-state index is -2.89. The monoisotopic (exact) mass is 324 g/mol. The zero-order valence-corrected chi connectivity index (χ0v) is 14.2. The van der Waals surface area contributed by atoms with E-state index in [9.17, 15) is 13.2 Å². The number of benzene rings is 1. The van der Waals surface area contributed by atoms with Crippen LogP contribution in [0.15, 0.2) is 24.3 Å². The molecule has 2 amide bonds. The van der Waals surface area contributed by atoms with Crippen molar-refractivity contribution < 1.29 is 13.2 Å². The number of sulfone groups is 1. The van der Waals surface area contributed by atoms with Crippen molar-refractivity contribution in [1.29, 1.82) is 0 Å². The molecule has 1 atom stereocenters. The molecule has 1 aliphatic heterocycles. The first-order valence-electron chi connectivity index (χ1n) is 7.51. The van der Waals surface area contributed by atoms with Crippen molar-refractivity contribution in [2.75, 3.05) is 23.4 Å². The van der Waals surface area contributed by atoms with Gasteiger partial charge in [0.25, 0.3) is 0 Å². The maximum Gasteiger partial charge on any atom is 0.319 e. The van der Waals surface area contributed by atoms with Crippen LogP contribution in [0, 0.1) is 5.92 Å². The maximum atomic E-state index is 11.8. The highest BCUT2D eigenvalue weighted by Gasteiger charge is 2.27. The SMILES string of the molecule is CC(C)(C)c1ccc(NC(=O)NC[C@@H]2CCS(=O)(=O)C2)cc1. The van der Waals surface area contributed by atoms with Gasteiger partial charge in [-0.05, 0) is 35.4 Å². The van der Waals surface area contributed by atoms with Crippen molar-refractivity contribution in [3.05, 3.63) is 29.8 Å². The molecule has 0 unspecified atom stereocenters. The molecule has 5 nitrogen and oxygen atoms in total. The number of amides is 2. The van der Waals surface area contributed by atoms with Crippen LogP contribution >= 0.6 is 0 Å². The molecule has 122 valence electrons. The van der Waals surface area contributed by atoms with Gasteiger partial charge in [-0.3, -0.25) is 0 Å². The summed E-state index contributed by atoms with van der Waals surface area (Å²) in [6.07, 6.45) is 0.628. The van der Waals surface area contributed by atoms with Gasteiger partial charge in [0.2, 0.25) is 0 Å². The molecule has 0 spiro atoms. The average molecular weight is 324 g/mol. The van der Waals surface area contributed by atoms with Crippen LogP contribution in [-0.4, -0.2) is 32.5 Å². The largest absolute Gasteiger partial charge is 0.338 e. The molecule has 0 bridgehead atoms. The van der Waals surface area contributed by atoms with Crippen LogP contribution in [0.2, 0.25) is 0 Å². The number of carbonyl (C=O) groups is 1. The first-order valence-corrected chi connectivity index (χ1v) is 9.34. The molecule has 1 fully saturated rings. The molecule has 1 heterocycles. The third-order valence-electron chi connectivity index (χ3n) is 3.89. The van der Waals surface area contributed by atoms with Gasteiger partial charge >= 0.3 is 6.03 Å². The van der Waals surface area contributed by atoms with Gasteiger partial charge in [-0.1, -0.05) is 32.9 Å². The zero-order valence-electron chi connectivity index (χ0n) is 13.3. The minimum Gasteiger partial charge on any atom is -0.338 e. The van der Waals surface area contributed by atoms with E-state index in [0.29, 0.717) is 13.0 Å². The second-order valence-electron chi connectivity index (χ2n) is 6.93. The summed E-state index contributed by atoms with van der Waals surface area (Å²) in [6, 6.07) is 7.45. The van der Waals surface area contributed by atoms with Gasteiger partial charge < -0.3 is 10.6 Å². The van der Waals surface area contributed by atoms with Crippen molar-refractivity contribution >= 4 is 21.6 Å². The zero-order chi connectivity index (χ0) is 16.4. The third-order valence-corrected chi connectivity index (χ3v) is 5.72. The molecule has 0 aliphatic carbocycles. The lowest BCUT2D eigenvalue weighted by molar-refractivity contribution is 0.250. The summed E-state index contributed by atoms with van der Waals surface area (Å²) in [5.41, 5.74) is 2.01. The highest BCUT2D eigenvalue weighted by atomic mass is 32.2. The topological polar surface area (TPSA) is 75.3 Å². The van der Waals surface area contributed by atoms with Crippen LogP contribution < -0.4 is 10.6 Å². The van der Waals surface area contributed by atoms with Gasteiger partial charge in [0, 0.05) is 12.2 Å². The number of hydrogen-bond acceptors (Lipinski definition) is 3. The van der Waals surface area contributed by atoms with E-state index in [2.05, 4.69) is 31.4 Å². The number of carbonyl (C=O) groups excluding carboxylic acids is 1. The molecule has 2 N–H and O–H groups in total. The lowest BCUT2D eigenvalue weighted by Crippen LogP contribution is -2.33. The molecule has 1 aromatic carbocycles. The van der Waals surface area contributed by atoms with E-state index < -0.39 is 9.84 Å². The summed E-state index contributed by atoms with van der Waals surface area (Å²) < 4.78 is 22.7. The van der Waals surface area contributed by atoms with Crippen LogP contribution in [0.25, 0.3) is 0 Å². The Morgan fingerprint density at radius 2 is 1.86 bits per heavy atom. The van der Waals surface area contributed by atoms with Gasteiger partial charge in [0.1, 0.15) is 0 Å². The highest BCUT2D eigenvalue weighted by molar-refractivity contribution is 7.91. The number of anilines is 1. The van der Waals surface area contributed by atoms with Gasteiger partial charge in [-0.2, -0.15) is 0 Å². The molecule has 22 heavy (non-hydrogen) atoms. The summed E-state index contributed by atoms with van der Waals surface area (Å²) in [6.45, 7) is 6.80. The van der Waals surface area contributed by atoms with Crippen molar-refractivity contribution in [3.63, 3.8) is 0 Å². The molecule has 0 aromatic heterocycles. The summed E-state index contributed by atoms with van der Waals surface area (Å²) >= 11 is 0. The summed E-state index contributed by atoms with van der Waals surface area (Å²) in [7, 11) is -2.89. The molecular weight excluding hydrogens is 300 g/mol. The van der Waals surface area contributed by atoms with Gasteiger partial charge in [0.05, 0.1) is 11.5 Å². The minimum absolute atomic E-state index is 0.0269. The van der Waals surface area contributed by atoms with Gasteiger partial charge in [0.15, 0.2) is 9.84 Å². The Morgan fingerprint density at radius 3 is 2.36 bits per heavy atom. The number of urea groups is 1. The summed E-state index contributed by atoms with van der Waals surface area (Å²) in [5, 5.41) is 5.51. The highest BCUT2D eigenvalue weighted by Crippen LogP contribution is 2.23. The fourth-order valence-corrected chi connectivity index (χ4v) is 4.36. The van der Waals surface area contributed by atoms with Crippen LogP contribution in [0.5, 0.6) is 0 Å². The van der Waals surface area contributed by atoms with E-state index in [1.165, 1.54) is 5.56 Å². The Morgan fingerprint density at radius 1 is 1.23 bits per heavy atom. The predicted octanol–water partition coefficient (Wildman–Crippen LogP) is 2.54. The molecular formula is C16H24N2O3S. The quantitative estimate of drug-likeness (QED) is 0.897. The van der Waals surface area contributed by atoms with E-state index >= 15 is 0 Å². The third kappa shape index (κ3) is 4.73. The Hall–Kier alpha value is -1.56. The standard InChI is InChI=1S/C16H24N2O3S/c1-16(2,3)13-4-6-14(7-5-13)18-15(19)17-10-12-8-9-22(20,21)11-12/h4-7,12H,8-11H2,1-3H3,(H2,17,18,19)/t12-/m0/s1. The van der Waals surface area contributed by atoms with Crippen LogP contribution in [0.4, 0.5) is 10.5 Å².